The smallest absolute Gasteiger partial charge is 0.144 e. The average Bonchev–Trinajstić information content (AvgIpc) is 3.41. The second-order valence-electron chi connectivity index (χ2n) is 7.83. The van der Waals surface area contributed by atoms with Gasteiger partial charge in [-0.2, -0.15) is 15.4 Å². The summed E-state index contributed by atoms with van der Waals surface area (Å²) in [7, 11) is -1.91. The minimum absolute atomic E-state index is 0.914. The minimum Gasteiger partial charge on any atom is -0.197 e. The Bertz CT molecular complexity index is 1240. The molecule has 0 saturated heterocycles. The summed E-state index contributed by atoms with van der Waals surface area (Å²) in [5.41, 5.74) is 1.83. The molecule has 0 aliphatic rings. The van der Waals surface area contributed by atoms with Gasteiger partial charge >= 0.3 is 0 Å². The number of para-hydroxylation sites is 2. The monoisotopic (exact) mass is 458 g/mol. The molecule has 0 saturated carbocycles. The molecular weight excluding hydrogens is 433 g/mol. The summed E-state index contributed by atoms with van der Waals surface area (Å²) in [6.45, 7) is 0. The number of benzene rings is 5. The molecule has 0 bridgehead atoms. The number of nitrogens with zero attached hydrogens (tertiary/aromatic N) is 2. The van der Waals surface area contributed by atoms with Crippen molar-refractivity contribution >= 4 is 39.5 Å². The Morgan fingerprint density at radius 2 is 0.618 bits per heavy atom. The summed E-state index contributed by atoms with van der Waals surface area (Å²) < 4.78 is 0. The first-order valence-corrected chi connectivity index (χ1v) is 13.0. The maximum Gasteiger partial charge on any atom is 0.144 e. The van der Waals surface area contributed by atoms with Crippen LogP contribution in [0.3, 0.4) is 0 Å². The molecule has 3 nitrogen and oxygen atoms in total. The van der Waals surface area contributed by atoms with Crippen LogP contribution in [0.25, 0.3) is 11.0 Å². The van der Waals surface area contributed by atoms with E-state index >= 15 is 0 Å². The molecule has 34 heavy (non-hydrogen) atoms. The van der Waals surface area contributed by atoms with Crippen molar-refractivity contribution in [3.05, 3.63) is 146 Å². The molecule has 0 radical (unpaired) electrons. The van der Waals surface area contributed by atoms with Gasteiger partial charge in [0.05, 0.1) is 0 Å². The van der Waals surface area contributed by atoms with Gasteiger partial charge in [0.15, 0.2) is 0 Å². The van der Waals surface area contributed by atoms with E-state index in [0.717, 1.165) is 11.0 Å². The van der Waals surface area contributed by atoms with Gasteiger partial charge in [-0.1, -0.05) is 84.9 Å². The third kappa shape index (κ3) is 4.26. The molecule has 1 N–H and O–H groups in total. The first kappa shape index (κ1) is 21.8. The Balaban J connectivity index is 0.000000222. The fourth-order valence-corrected chi connectivity index (χ4v) is 8.55. The number of H-pyrrole nitrogens is 1. The van der Waals surface area contributed by atoms with E-state index in [2.05, 4.69) is 137 Å². The second kappa shape index (κ2) is 10.2. The summed E-state index contributed by atoms with van der Waals surface area (Å²) in [6, 6.07) is 51.5. The summed E-state index contributed by atoms with van der Waals surface area (Å²) in [5.74, 6) is 0. The van der Waals surface area contributed by atoms with Crippen LogP contribution in [0.4, 0.5) is 0 Å². The van der Waals surface area contributed by atoms with E-state index in [1.54, 1.807) is 0 Å². The van der Waals surface area contributed by atoms with Crippen LogP contribution < -0.4 is 21.2 Å². The number of fused-ring (bicyclic) bond motifs is 1. The van der Waals surface area contributed by atoms with Gasteiger partial charge in [0, 0.05) is 0 Å². The van der Waals surface area contributed by atoms with Crippen molar-refractivity contribution in [2.75, 3.05) is 0 Å². The first-order chi connectivity index (χ1) is 16.9. The van der Waals surface area contributed by atoms with Crippen molar-refractivity contribution in [1.29, 1.82) is 0 Å². The van der Waals surface area contributed by atoms with Gasteiger partial charge in [-0.3, -0.25) is 0 Å². The third-order valence-corrected chi connectivity index (χ3v) is 10.1. The van der Waals surface area contributed by atoms with Crippen LogP contribution >= 0.6 is 7.26 Å². The van der Waals surface area contributed by atoms with Crippen molar-refractivity contribution in [2.24, 2.45) is 0 Å². The van der Waals surface area contributed by atoms with Crippen molar-refractivity contribution < 1.29 is 0 Å². The highest BCUT2D eigenvalue weighted by atomic mass is 31.2. The summed E-state index contributed by atoms with van der Waals surface area (Å²) >= 11 is 0. The van der Waals surface area contributed by atoms with E-state index in [-0.39, 0.29) is 0 Å². The number of rotatable bonds is 4. The van der Waals surface area contributed by atoms with Crippen molar-refractivity contribution in [3.8, 4) is 0 Å². The number of hydrogen-bond acceptors (Lipinski definition) is 2. The Morgan fingerprint density at radius 3 is 0.912 bits per heavy atom. The first-order valence-electron chi connectivity index (χ1n) is 11.3. The molecule has 1 aromatic heterocycles. The zero-order valence-corrected chi connectivity index (χ0v) is 19.6. The average molecular weight is 459 g/mol. The van der Waals surface area contributed by atoms with Gasteiger partial charge in [0.25, 0.3) is 0 Å². The molecule has 5 aromatic carbocycles. The quantitative estimate of drug-likeness (QED) is 0.366. The van der Waals surface area contributed by atoms with Gasteiger partial charge in [0.2, 0.25) is 0 Å². The van der Waals surface area contributed by atoms with Crippen molar-refractivity contribution in [3.63, 3.8) is 0 Å². The topological polar surface area (TPSA) is 41.6 Å². The lowest BCUT2D eigenvalue weighted by molar-refractivity contribution is 0.959. The summed E-state index contributed by atoms with van der Waals surface area (Å²) in [6.07, 6.45) is 0. The predicted octanol–water partition coefficient (Wildman–Crippen LogP) is 5.26. The highest BCUT2D eigenvalue weighted by Crippen LogP contribution is 2.53. The third-order valence-electron chi connectivity index (χ3n) is 5.80. The molecule has 164 valence electrons. The van der Waals surface area contributed by atoms with Gasteiger partial charge in [-0.25, -0.2) is 0 Å². The molecule has 6 aromatic rings. The van der Waals surface area contributed by atoms with Crippen LogP contribution in [0.2, 0.25) is 0 Å². The van der Waals surface area contributed by atoms with Crippen LogP contribution in [-0.4, -0.2) is 15.4 Å². The highest BCUT2D eigenvalue weighted by molar-refractivity contribution is 8.01. The Hall–Kier alpha value is -4.07. The molecule has 4 heteroatoms. The zero-order valence-electron chi connectivity index (χ0n) is 18.7. The Labute approximate surface area is 200 Å². The fraction of sp³-hybridized carbons (Fsp3) is 0. The maximum atomic E-state index is 3.88. The summed E-state index contributed by atoms with van der Waals surface area (Å²) in [4.78, 5) is 0. The zero-order chi connectivity index (χ0) is 23.1. The normalized spacial score (nSPS) is 10.9. The summed E-state index contributed by atoms with van der Waals surface area (Å²) in [5, 5.41) is 15.9. The SMILES string of the molecule is c1ccc([P+](c2ccccc2)(c2ccccc2)c2ccccc2)cc1.c1ccc2n[nH]nc2c1. The fourth-order valence-electron chi connectivity index (χ4n) is 4.29. The standard InChI is InChI=1S/C24H20P.C6H5N3/c1-5-13-21(14-6-1)25(22-15-7-2-8-16-22,23-17-9-3-10-18-23)24-19-11-4-12-20-24;1-2-4-6-5(3-1)7-9-8-6/h1-20H;1-4H,(H,7,8,9)/q+1;. The molecule has 0 aliphatic heterocycles. The largest absolute Gasteiger partial charge is 0.197 e. The van der Waals surface area contributed by atoms with Crippen LogP contribution in [-0.2, 0) is 0 Å². The maximum absolute atomic E-state index is 3.88. The number of nitrogens with one attached hydrogen (secondary N) is 1. The van der Waals surface area contributed by atoms with E-state index in [4.69, 9.17) is 0 Å². The molecule has 0 amide bonds. The van der Waals surface area contributed by atoms with Gasteiger partial charge < -0.3 is 0 Å². The van der Waals surface area contributed by atoms with Crippen LogP contribution in [0.1, 0.15) is 0 Å². The van der Waals surface area contributed by atoms with Crippen molar-refractivity contribution in [1.82, 2.24) is 15.4 Å². The highest BCUT2D eigenvalue weighted by Gasteiger charge is 2.47. The second-order valence-corrected chi connectivity index (χ2v) is 11.2. The molecule has 0 spiro atoms. The van der Waals surface area contributed by atoms with Crippen LogP contribution in [0.15, 0.2) is 146 Å². The predicted molar refractivity (Wildman–Crippen MR) is 145 cm³/mol. The Morgan fingerprint density at radius 1 is 0.353 bits per heavy atom. The Kier molecular flexibility index (Phi) is 6.56. The molecule has 0 aliphatic carbocycles. The molecular formula is C30H25N3P+. The molecule has 0 unspecified atom stereocenters. The molecule has 1 heterocycles. The number of aromatic nitrogens is 3. The van der Waals surface area contributed by atoms with Crippen LogP contribution in [0.5, 0.6) is 0 Å². The number of aromatic amines is 1. The molecule has 0 atom stereocenters. The van der Waals surface area contributed by atoms with Gasteiger partial charge in [0.1, 0.15) is 39.5 Å². The van der Waals surface area contributed by atoms with E-state index in [0.29, 0.717) is 0 Å². The number of hydrogen-bond donors (Lipinski definition) is 1. The van der Waals surface area contributed by atoms with E-state index in [9.17, 15) is 0 Å². The van der Waals surface area contributed by atoms with Gasteiger partial charge in [-0.05, 0) is 60.7 Å². The molecule has 6 rings (SSSR count). The minimum atomic E-state index is -1.91. The van der Waals surface area contributed by atoms with E-state index in [1.165, 1.54) is 21.2 Å². The van der Waals surface area contributed by atoms with Crippen LogP contribution in [0, 0.1) is 0 Å². The van der Waals surface area contributed by atoms with E-state index < -0.39 is 7.26 Å². The lowest BCUT2D eigenvalue weighted by Crippen LogP contribution is -2.38. The molecule has 0 fully saturated rings. The van der Waals surface area contributed by atoms with Crippen molar-refractivity contribution in [2.45, 2.75) is 0 Å². The van der Waals surface area contributed by atoms with Gasteiger partial charge in [-0.15, -0.1) is 0 Å². The van der Waals surface area contributed by atoms with E-state index in [1.807, 2.05) is 24.3 Å². The lowest BCUT2D eigenvalue weighted by Gasteiger charge is -2.27. The lowest BCUT2D eigenvalue weighted by atomic mass is 10.3.